The van der Waals surface area contributed by atoms with E-state index in [1.54, 1.807) is 30.3 Å². The molecular weight excluding hydrogens is 228 g/mol. The van der Waals surface area contributed by atoms with Gasteiger partial charge in [-0.1, -0.05) is 24.3 Å². The zero-order valence-electron chi connectivity index (χ0n) is 10.3. The summed E-state index contributed by atoms with van der Waals surface area (Å²) >= 11 is 0. The Balaban J connectivity index is 2.01. The van der Waals surface area contributed by atoms with E-state index < -0.39 is 6.09 Å². The minimum Gasteiger partial charge on any atom is -0.410 e. The molecule has 2 aromatic rings. The van der Waals surface area contributed by atoms with E-state index in [4.69, 9.17) is 4.74 Å². The summed E-state index contributed by atoms with van der Waals surface area (Å²) in [5.41, 5.74) is 1.96. The van der Waals surface area contributed by atoms with Crippen molar-refractivity contribution in [2.24, 2.45) is 0 Å². The van der Waals surface area contributed by atoms with Crippen LogP contribution < -0.4 is 10.1 Å². The number of aromatic nitrogens is 1. The van der Waals surface area contributed by atoms with Gasteiger partial charge in [-0.15, -0.1) is 0 Å². The van der Waals surface area contributed by atoms with Gasteiger partial charge in [0.25, 0.3) is 0 Å². The fourth-order valence-electron chi connectivity index (χ4n) is 1.43. The van der Waals surface area contributed by atoms with Crippen LogP contribution in [0.5, 0.6) is 5.75 Å². The molecule has 4 nitrogen and oxygen atoms in total. The van der Waals surface area contributed by atoms with Gasteiger partial charge in [0.2, 0.25) is 0 Å². The number of ether oxygens (including phenoxy) is 1. The van der Waals surface area contributed by atoms with Crippen LogP contribution in [-0.4, -0.2) is 11.1 Å². The summed E-state index contributed by atoms with van der Waals surface area (Å²) in [5.74, 6) is 0.984. The maximum atomic E-state index is 11.6. The van der Waals surface area contributed by atoms with Crippen molar-refractivity contribution < 1.29 is 9.53 Å². The van der Waals surface area contributed by atoms with E-state index in [1.165, 1.54) is 0 Å². The van der Waals surface area contributed by atoms with Crippen LogP contribution in [0, 0.1) is 13.8 Å². The third-order valence-corrected chi connectivity index (χ3v) is 2.53. The highest BCUT2D eigenvalue weighted by Gasteiger charge is 2.06. The van der Waals surface area contributed by atoms with Crippen LogP contribution in [0.25, 0.3) is 0 Å². The van der Waals surface area contributed by atoms with Crippen molar-refractivity contribution in [3.8, 4) is 5.75 Å². The summed E-state index contributed by atoms with van der Waals surface area (Å²) in [4.78, 5) is 15.8. The van der Waals surface area contributed by atoms with Gasteiger partial charge in [-0.3, -0.25) is 5.32 Å². The quantitative estimate of drug-likeness (QED) is 0.879. The number of pyridine rings is 1. The first-order valence-electron chi connectivity index (χ1n) is 5.63. The number of aryl methyl sites for hydroxylation is 2. The van der Waals surface area contributed by atoms with Gasteiger partial charge >= 0.3 is 6.09 Å². The minimum atomic E-state index is -0.544. The van der Waals surface area contributed by atoms with E-state index in [0.717, 1.165) is 11.3 Å². The molecular formula is C14H14N2O2. The highest BCUT2D eigenvalue weighted by Crippen LogP contribution is 2.12. The molecule has 1 aromatic heterocycles. The Hall–Kier alpha value is -2.36. The van der Waals surface area contributed by atoms with Gasteiger partial charge in [0.15, 0.2) is 0 Å². The molecule has 0 aliphatic rings. The van der Waals surface area contributed by atoms with Crippen molar-refractivity contribution in [1.82, 2.24) is 4.98 Å². The first-order valence-corrected chi connectivity index (χ1v) is 5.63. The number of carbonyl (C=O) groups is 1. The maximum Gasteiger partial charge on any atom is 0.418 e. The molecule has 2 rings (SSSR count). The molecule has 0 spiro atoms. The summed E-state index contributed by atoms with van der Waals surface area (Å²) in [6.07, 6.45) is -0.544. The van der Waals surface area contributed by atoms with Crippen molar-refractivity contribution >= 4 is 11.9 Å². The minimum absolute atomic E-state index is 0.485. The number of anilines is 1. The lowest BCUT2D eigenvalue weighted by Gasteiger charge is -2.07. The lowest BCUT2D eigenvalue weighted by molar-refractivity contribution is 0.215. The highest BCUT2D eigenvalue weighted by atomic mass is 16.6. The predicted octanol–water partition coefficient (Wildman–Crippen LogP) is 3.31. The maximum absolute atomic E-state index is 11.6. The molecule has 1 aromatic carbocycles. The van der Waals surface area contributed by atoms with Gasteiger partial charge in [-0.2, -0.15) is 0 Å². The number of amides is 1. The molecule has 0 unspecified atom stereocenters. The van der Waals surface area contributed by atoms with Crippen molar-refractivity contribution in [2.75, 3.05) is 5.32 Å². The van der Waals surface area contributed by atoms with Crippen LogP contribution in [0.4, 0.5) is 10.6 Å². The molecule has 1 heterocycles. The lowest BCUT2D eigenvalue weighted by Crippen LogP contribution is -2.17. The van der Waals surface area contributed by atoms with E-state index in [9.17, 15) is 4.79 Å². The molecule has 18 heavy (non-hydrogen) atoms. The third kappa shape index (κ3) is 3.07. The Morgan fingerprint density at radius 3 is 2.50 bits per heavy atom. The molecule has 0 bridgehead atoms. The van der Waals surface area contributed by atoms with E-state index in [1.807, 2.05) is 26.0 Å². The topological polar surface area (TPSA) is 51.2 Å². The molecule has 0 fully saturated rings. The van der Waals surface area contributed by atoms with Crippen LogP contribution in [0.3, 0.4) is 0 Å². The second kappa shape index (κ2) is 5.31. The molecule has 0 saturated carbocycles. The molecule has 0 aliphatic carbocycles. The largest absolute Gasteiger partial charge is 0.418 e. The van der Waals surface area contributed by atoms with E-state index in [0.29, 0.717) is 11.6 Å². The zero-order valence-corrected chi connectivity index (χ0v) is 10.3. The second-order valence-corrected chi connectivity index (χ2v) is 3.93. The number of nitrogens with one attached hydrogen (secondary N) is 1. The number of hydrogen-bond acceptors (Lipinski definition) is 3. The second-order valence-electron chi connectivity index (χ2n) is 3.93. The average molecular weight is 242 g/mol. The third-order valence-electron chi connectivity index (χ3n) is 2.53. The number of hydrogen-bond donors (Lipinski definition) is 1. The van der Waals surface area contributed by atoms with Crippen LogP contribution in [-0.2, 0) is 0 Å². The molecule has 0 radical (unpaired) electrons. The summed E-state index contributed by atoms with van der Waals surface area (Å²) in [6, 6.07) is 12.5. The van der Waals surface area contributed by atoms with Gasteiger partial charge in [0.1, 0.15) is 11.6 Å². The van der Waals surface area contributed by atoms with Crippen LogP contribution in [0.15, 0.2) is 42.5 Å². The molecule has 4 heteroatoms. The van der Waals surface area contributed by atoms with E-state index in [2.05, 4.69) is 10.3 Å². The molecule has 0 aliphatic heterocycles. The van der Waals surface area contributed by atoms with Gasteiger partial charge < -0.3 is 4.74 Å². The molecule has 0 atom stereocenters. The van der Waals surface area contributed by atoms with Crippen LogP contribution in [0.2, 0.25) is 0 Å². The van der Waals surface area contributed by atoms with Crippen molar-refractivity contribution in [3.63, 3.8) is 0 Å². The molecule has 92 valence electrons. The van der Waals surface area contributed by atoms with Crippen LogP contribution in [0.1, 0.15) is 11.3 Å². The fourth-order valence-corrected chi connectivity index (χ4v) is 1.43. The van der Waals surface area contributed by atoms with E-state index in [-0.39, 0.29) is 0 Å². The summed E-state index contributed by atoms with van der Waals surface area (Å²) in [6.45, 7) is 3.86. The summed E-state index contributed by atoms with van der Waals surface area (Å²) < 4.78 is 5.10. The monoisotopic (exact) mass is 242 g/mol. The van der Waals surface area contributed by atoms with Gasteiger partial charge in [-0.05, 0) is 37.6 Å². The fraction of sp³-hybridized carbons (Fsp3) is 0.143. The van der Waals surface area contributed by atoms with Gasteiger partial charge in [-0.25, -0.2) is 9.78 Å². The van der Waals surface area contributed by atoms with Gasteiger partial charge in [0.05, 0.1) is 0 Å². The number of carbonyl (C=O) groups excluding carboxylic acids is 1. The van der Waals surface area contributed by atoms with Crippen molar-refractivity contribution in [2.45, 2.75) is 13.8 Å². The van der Waals surface area contributed by atoms with Crippen molar-refractivity contribution in [1.29, 1.82) is 0 Å². The molecule has 1 amide bonds. The predicted molar refractivity (Wildman–Crippen MR) is 69.8 cm³/mol. The number of rotatable bonds is 2. The standard InChI is InChI=1S/C14H14N2O2/c1-10-8-9-13(15-11(10)2)16-14(17)18-12-6-4-3-5-7-12/h3-9H,1-2H3,(H,15,16,17). The normalized spacial score (nSPS) is 9.89. The van der Waals surface area contributed by atoms with Crippen LogP contribution >= 0.6 is 0 Å². The molecule has 1 N–H and O–H groups in total. The van der Waals surface area contributed by atoms with Gasteiger partial charge in [0, 0.05) is 5.69 Å². The summed E-state index contributed by atoms with van der Waals surface area (Å²) in [7, 11) is 0. The average Bonchev–Trinajstić information content (AvgIpc) is 2.35. The smallest absolute Gasteiger partial charge is 0.410 e. The Morgan fingerprint density at radius 1 is 1.11 bits per heavy atom. The lowest BCUT2D eigenvalue weighted by atomic mass is 10.2. The summed E-state index contributed by atoms with van der Waals surface area (Å²) in [5, 5.41) is 2.59. The first kappa shape index (κ1) is 12.1. The number of benzene rings is 1. The number of para-hydroxylation sites is 1. The molecule has 0 saturated heterocycles. The van der Waals surface area contributed by atoms with Crippen molar-refractivity contribution in [3.05, 3.63) is 53.7 Å². The number of nitrogens with zero attached hydrogens (tertiary/aromatic N) is 1. The Kier molecular flexibility index (Phi) is 3.57. The Morgan fingerprint density at radius 2 is 1.83 bits per heavy atom. The SMILES string of the molecule is Cc1ccc(NC(=O)Oc2ccccc2)nc1C. The first-order chi connectivity index (χ1) is 8.65. The Labute approximate surface area is 106 Å². The zero-order chi connectivity index (χ0) is 13.0. The van der Waals surface area contributed by atoms with E-state index >= 15 is 0 Å². The Bertz CT molecular complexity index is 553. The highest BCUT2D eigenvalue weighted by molar-refractivity contribution is 5.85.